The van der Waals surface area contributed by atoms with E-state index < -0.39 is 0 Å². The van der Waals surface area contributed by atoms with Gasteiger partial charge in [0.2, 0.25) is 0 Å². The Morgan fingerprint density at radius 1 is 0.317 bits per heavy atom. The van der Waals surface area contributed by atoms with Crippen molar-refractivity contribution in [2.75, 3.05) is 9.80 Å². The van der Waals surface area contributed by atoms with Crippen LogP contribution in [0.3, 0.4) is 0 Å². The highest BCUT2D eigenvalue weighted by molar-refractivity contribution is 5.91. The molecule has 0 heterocycles. The van der Waals surface area contributed by atoms with E-state index >= 15 is 0 Å². The van der Waals surface area contributed by atoms with E-state index in [2.05, 4.69) is 235 Å². The zero-order chi connectivity index (χ0) is 43.4. The Morgan fingerprint density at radius 3 is 1.00 bits per heavy atom. The molecule has 8 aromatic rings. The first-order valence-corrected chi connectivity index (χ1v) is 23.0. The van der Waals surface area contributed by atoms with Crippen LogP contribution in [0.4, 0.5) is 34.1 Å². The van der Waals surface area contributed by atoms with Crippen molar-refractivity contribution >= 4 is 34.1 Å². The van der Waals surface area contributed by atoms with Gasteiger partial charge in [0, 0.05) is 50.4 Å². The minimum atomic E-state index is -0.156. The van der Waals surface area contributed by atoms with E-state index in [1.165, 1.54) is 112 Å². The average Bonchev–Trinajstić information content (AvgIpc) is 3.80. The zero-order valence-electron chi connectivity index (χ0n) is 38.0. The van der Waals surface area contributed by atoms with Gasteiger partial charge in [-0.25, -0.2) is 0 Å². The predicted molar refractivity (Wildman–Crippen MR) is 267 cm³/mol. The van der Waals surface area contributed by atoms with E-state index in [-0.39, 0.29) is 16.2 Å². The van der Waals surface area contributed by atoms with Crippen LogP contribution >= 0.6 is 0 Å². The molecular weight excluding hydrogens is 761 g/mol. The van der Waals surface area contributed by atoms with Crippen LogP contribution in [0.15, 0.2) is 170 Å². The molecule has 3 aliphatic rings. The number of hydrogen-bond donors (Lipinski definition) is 0. The Morgan fingerprint density at radius 2 is 0.635 bits per heavy atom. The lowest BCUT2D eigenvalue weighted by Gasteiger charge is -2.33. The fourth-order valence-corrected chi connectivity index (χ4v) is 11.9. The second-order valence-corrected chi connectivity index (χ2v) is 19.4. The number of aryl methyl sites for hydroxylation is 2. The first kappa shape index (κ1) is 39.2. The quantitative estimate of drug-likeness (QED) is 0.151. The summed E-state index contributed by atoms with van der Waals surface area (Å²) in [4.78, 5) is 4.98. The number of benzene rings is 8. The molecule has 0 fully saturated rings. The SMILES string of the molecule is CCC1(CC)c2cc(N(c3cccc(C)c3)c3ccc4c(c3)C(C)(C)c3ccccc3-4)ccc2-c2ccc(N(c3cccc(C)c3)c3ccc4c(c3)C(C)(C)c3ccccc3-4)cc21. The van der Waals surface area contributed by atoms with Crippen molar-refractivity contribution in [1.29, 1.82) is 0 Å². The molecule has 0 bridgehead atoms. The van der Waals surface area contributed by atoms with Crippen LogP contribution < -0.4 is 9.80 Å². The van der Waals surface area contributed by atoms with Crippen molar-refractivity contribution in [3.8, 4) is 33.4 Å². The number of fused-ring (bicyclic) bond motifs is 9. The normalized spacial score (nSPS) is 15.2. The maximum absolute atomic E-state index is 2.52. The molecule has 2 heteroatoms. The lowest BCUT2D eigenvalue weighted by atomic mass is 9.73. The van der Waals surface area contributed by atoms with E-state index in [0.29, 0.717) is 0 Å². The molecule has 0 atom stereocenters. The van der Waals surface area contributed by atoms with Crippen LogP contribution in [0.5, 0.6) is 0 Å². The summed E-state index contributed by atoms with van der Waals surface area (Å²) in [5.41, 5.74) is 25.7. The molecule has 0 spiro atoms. The van der Waals surface area contributed by atoms with E-state index in [1.807, 2.05) is 0 Å². The van der Waals surface area contributed by atoms with Crippen molar-refractivity contribution in [3.63, 3.8) is 0 Å². The van der Waals surface area contributed by atoms with Gasteiger partial charge in [0.25, 0.3) is 0 Å². The van der Waals surface area contributed by atoms with Gasteiger partial charge in [-0.05, 0) is 177 Å². The van der Waals surface area contributed by atoms with Gasteiger partial charge in [-0.3, -0.25) is 0 Å². The molecule has 0 saturated carbocycles. The van der Waals surface area contributed by atoms with Gasteiger partial charge in [0.15, 0.2) is 0 Å². The zero-order valence-corrected chi connectivity index (χ0v) is 38.0. The van der Waals surface area contributed by atoms with Gasteiger partial charge in [-0.15, -0.1) is 0 Å². The van der Waals surface area contributed by atoms with Gasteiger partial charge in [0.1, 0.15) is 0 Å². The number of anilines is 6. The Balaban J connectivity index is 1.05. The third kappa shape index (κ3) is 5.76. The first-order chi connectivity index (χ1) is 30.4. The van der Waals surface area contributed by atoms with Crippen molar-refractivity contribution in [3.05, 3.63) is 214 Å². The van der Waals surface area contributed by atoms with E-state index in [9.17, 15) is 0 Å². The summed E-state index contributed by atoms with van der Waals surface area (Å²) in [5, 5.41) is 0. The Labute approximate surface area is 374 Å². The lowest BCUT2D eigenvalue weighted by Crippen LogP contribution is -2.24. The second kappa shape index (κ2) is 14.2. The van der Waals surface area contributed by atoms with E-state index in [1.54, 1.807) is 0 Å². The maximum atomic E-state index is 2.52. The average molecular weight is 817 g/mol. The molecule has 0 saturated heterocycles. The monoisotopic (exact) mass is 816 g/mol. The molecule has 0 aliphatic heterocycles. The fourth-order valence-electron chi connectivity index (χ4n) is 11.9. The van der Waals surface area contributed by atoms with Gasteiger partial charge in [0.05, 0.1) is 0 Å². The third-order valence-corrected chi connectivity index (χ3v) is 15.2. The standard InChI is InChI=1S/C61H56N2/c1-9-61(10-2)57-37-45(62(41-19-15-17-39(3)33-41)43-25-29-49-47-21-11-13-23-53(47)59(5,6)55(49)35-43)27-31-51(57)52-32-28-46(38-58(52)61)63(42-20-16-18-40(4)34-42)44-26-30-50-48-22-12-14-24-54(48)60(7,8)56(50)36-44/h11-38H,9-10H2,1-8H3. The fraction of sp³-hybridized carbons (Fsp3) is 0.213. The molecule has 310 valence electrons. The maximum Gasteiger partial charge on any atom is 0.0465 e. The highest BCUT2D eigenvalue weighted by atomic mass is 15.1. The van der Waals surface area contributed by atoms with Crippen molar-refractivity contribution < 1.29 is 0 Å². The smallest absolute Gasteiger partial charge is 0.0465 e. The number of hydrogen-bond acceptors (Lipinski definition) is 2. The van der Waals surface area contributed by atoms with Gasteiger partial charge in [-0.2, -0.15) is 0 Å². The molecule has 0 N–H and O–H groups in total. The van der Waals surface area contributed by atoms with Crippen LogP contribution in [0, 0.1) is 13.8 Å². The van der Waals surface area contributed by atoms with Crippen LogP contribution in [-0.4, -0.2) is 0 Å². The Hall–Kier alpha value is -6.64. The summed E-state index contributed by atoms with van der Waals surface area (Å²) < 4.78 is 0. The summed E-state index contributed by atoms with van der Waals surface area (Å²) in [6.45, 7) is 18.7. The summed E-state index contributed by atoms with van der Waals surface area (Å²) in [6, 6.07) is 64.7. The summed E-state index contributed by atoms with van der Waals surface area (Å²) in [5.74, 6) is 0. The lowest BCUT2D eigenvalue weighted by molar-refractivity contribution is 0.490. The van der Waals surface area contributed by atoms with Crippen LogP contribution in [0.1, 0.15) is 98.9 Å². The minimum Gasteiger partial charge on any atom is -0.310 e. The van der Waals surface area contributed by atoms with Crippen molar-refractivity contribution in [2.45, 2.75) is 84.5 Å². The summed E-state index contributed by atoms with van der Waals surface area (Å²) in [6.07, 6.45) is 2.00. The van der Waals surface area contributed by atoms with Gasteiger partial charge < -0.3 is 9.80 Å². The molecule has 11 rings (SSSR count). The predicted octanol–water partition coefficient (Wildman–Crippen LogP) is 16.9. The highest BCUT2D eigenvalue weighted by Gasteiger charge is 2.42. The van der Waals surface area contributed by atoms with Gasteiger partial charge in [-0.1, -0.05) is 139 Å². The largest absolute Gasteiger partial charge is 0.310 e. The molecule has 0 unspecified atom stereocenters. The third-order valence-electron chi connectivity index (χ3n) is 15.2. The van der Waals surface area contributed by atoms with Crippen LogP contribution in [0.25, 0.3) is 33.4 Å². The number of rotatable bonds is 8. The summed E-state index contributed by atoms with van der Waals surface area (Å²) in [7, 11) is 0. The Kier molecular flexibility index (Phi) is 8.84. The molecule has 0 amide bonds. The molecule has 0 aromatic heterocycles. The molecular formula is C61H56N2. The summed E-state index contributed by atoms with van der Waals surface area (Å²) >= 11 is 0. The molecule has 63 heavy (non-hydrogen) atoms. The van der Waals surface area contributed by atoms with E-state index in [4.69, 9.17) is 0 Å². The van der Waals surface area contributed by atoms with Crippen LogP contribution in [0.2, 0.25) is 0 Å². The van der Waals surface area contributed by atoms with Crippen molar-refractivity contribution in [2.24, 2.45) is 0 Å². The molecule has 0 radical (unpaired) electrons. The van der Waals surface area contributed by atoms with Gasteiger partial charge >= 0.3 is 0 Å². The highest BCUT2D eigenvalue weighted by Crippen LogP contribution is 2.57. The topological polar surface area (TPSA) is 6.48 Å². The number of nitrogens with zero attached hydrogens (tertiary/aromatic N) is 2. The minimum absolute atomic E-state index is 0.0929. The second-order valence-electron chi connectivity index (χ2n) is 19.4. The molecule has 2 nitrogen and oxygen atoms in total. The Bertz CT molecular complexity index is 2930. The van der Waals surface area contributed by atoms with Crippen molar-refractivity contribution in [1.82, 2.24) is 0 Å². The first-order valence-electron chi connectivity index (χ1n) is 23.0. The molecule has 3 aliphatic carbocycles. The van der Waals surface area contributed by atoms with E-state index in [0.717, 1.165) is 12.8 Å². The molecule has 8 aromatic carbocycles. The van der Waals surface area contributed by atoms with Crippen LogP contribution in [-0.2, 0) is 16.2 Å².